The minimum Gasteiger partial charge on any atom is -0.439 e. The van der Waals surface area contributed by atoms with Crippen LogP contribution in [0, 0.1) is 13.8 Å². The Kier molecular flexibility index (Phi) is 4.53. The second kappa shape index (κ2) is 6.34. The minimum absolute atomic E-state index is 0.346. The van der Waals surface area contributed by atoms with Crippen molar-refractivity contribution in [3.8, 4) is 11.6 Å². The summed E-state index contributed by atoms with van der Waals surface area (Å²) in [6.07, 6.45) is 0. The molecule has 5 nitrogen and oxygen atoms in total. The van der Waals surface area contributed by atoms with E-state index in [-0.39, 0.29) is 0 Å². The smallest absolute Gasteiger partial charge is 0.224 e. The summed E-state index contributed by atoms with van der Waals surface area (Å²) in [5.41, 5.74) is 2.27. The Morgan fingerprint density at radius 1 is 1.15 bits per heavy atom. The van der Waals surface area contributed by atoms with Crippen LogP contribution in [0.5, 0.6) is 11.6 Å². The van der Waals surface area contributed by atoms with Gasteiger partial charge in [0.25, 0.3) is 0 Å². The average molecular weight is 273 g/mol. The fourth-order valence-electron chi connectivity index (χ4n) is 1.87. The lowest BCUT2D eigenvalue weighted by Crippen LogP contribution is -2.03. The largest absolute Gasteiger partial charge is 0.439 e. The lowest BCUT2D eigenvalue weighted by molar-refractivity contribution is 0.177. The van der Waals surface area contributed by atoms with Crippen molar-refractivity contribution in [2.45, 2.75) is 20.5 Å². The van der Waals surface area contributed by atoms with E-state index in [0.717, 1.165) is 11.3 Å². The van der Waals surface area contributed by atoms with Gasteiger partial charge in [-0.15, -0.1) is 0 Å². The number of rotatable bonds is 5. The first-order valence-electron chi connectivity index (χ1n) is 6.42. The van der Waals surface area contributed by atoms with Gasteiger partial charge in [-0.25, -0.2) is 4.98 Å². The molecule has 1 heterocycles. The summed E-state index contributed by atoms with van der Waals surface area (Å²) < 4.78 is 10.9. The van der Waals surface area contributed by atoms with Crippen molar-refractivity contribution < 1.29 is 9.47 Å². The van der Waals surface area contributed by atoms with Crippen LogP contribution in [0.3, 0.4) is 0 Å². The molecule has 0 bridgehead atoms. The molecule has 0 radical (unpaired) electrons. The standard InChI is InChI=1S/C15H19N3O2/c1-10-5-6-12(11(2)7-10)20-15-8-13(16-3)17-14(18-15)9-19-4/h5-8H,9H2,1-4H3,(H,16,17,18). The number of hydrogen-bond acceptors (Lipinski definition) is 5. The van der Waals surface area contributed by atoms with Gasteiger partial charge in [0, 0.05) is 20.2 Å². The van der Waals surface area contributed by atoms with Gasteiger partial charge in [0.05, 0.1) is 0 Å². The fraction of sp³-hybridized carbons (Fsp3) is 0.333. The van der Waals surface area contributed by atoms with Crippen LogP contribution in [0.15, 0.2) is 24.3 Å². The van der Waals surface area contributed by atoms with Gasteiger partial charge in [-0.2, -0.15) is 4.98 Å². The minimum atomic E-state index is 0.346. The van der Waals surface area contributed by atoms with Gasteiger partial charge in [0.2, 0.25) is 5.88 Å². The van der Waals surface area contributed by atoms with Gasteiger partial charge in [0.15, 0.2) is 5.82 Å². The summed E-state index contributed by atoms with van der Waals surface area (Å²) in [4.78, 5) is 8.62. The van der Waals surface area contributed by atoms with Crippen LogP contribution < -0.4 is 10.1 Å². The van der Waals surface area contributed by atoms with E-state index < -0.39 is 0 Å². The number of nitrogens with zero attached hydrogens (tertiary/aromatic N) is 2. The lowest BCUT2D eigenvalue weighted by atomic mass is 10.1. The Labute approximate surface area is 119 Å². The van der Waals surface area contributed by atoms with Crippen LogP contribution in [0.4, 0.5) is 5.82 Å². The van der Waals surface area contributed by atoms with Gasteiger partial charge < -0.3 is 14.8 Å². The molecule has 0 saturated carbocycles. The summed E-state index contributed by atoms with van der Waals surface area (Å²) in [5.74, 6) is 2.58. The number of aromatic nitrogens is 2. The van der Waals surface area contributed by atoms with Crippen LogP contribution in [0.25, 0.3) is 0 Å². The highest BCUT2D eigenvalue weighted by atomic mass is 16.5. The maximum atomic E-state index is 5.85. The molecule has 2 aromatic rings. The Bertz CT molecular complexity index is 600. The maximum Gasteiger partial charge on any atom is 0.224 e. The Balaban J connectivity index is 2.29. The zero-order chi connectivity index (χ0) is 14.5. The predicted octanol–water partition coefficient (Wildman–Crippen LogP) is 3.07. The van der Waals surface area contributed by atoms with Crippen LogP contribution in [-0.4, -0.2) is 24.1 Å². The van der Waals surface area contributed by atoms with Crippen LogP contribution >= 0.6 is 0 Å². The maximum absolute atomic E-state index is 5.85. The molecular weight excluding hydrogens is 254 g/mol. The van der Waals surface area contributed by atoms with Crippen molar-refractivity contribution in [3.63, 3.8) is 0 Å². The van der Waals surface area contributed by atoms with Crippen molar-refractivity contribution in [1.29, 1.82) is 0 Å². The third-order valence-electron chi connectivity index (χ3n) is 2.82. The number of nitrogens with one attached hydrogen (secondary N) is 1. The number of ether oxygens (including phenoxy) is 2. The molecule has 0 amide bonds. The molecule has 1 aromatic carbocycles. The Hall–Kier alpha value is -2.14. The molecule has 2 rings (SSSR count). The first-order valence-corrected chi connectivity index (χ1v) is 6.42. The summed E-state index contributed by atoms with van der Waals surface area (Å²) in [7, 11) is 3.42. The number of methoxy groups -OCH3 is 1. The highest BCUT2D eigenvalue weighted by molar-refractivity contribution is 5.42. The lowest BCUT2D eigenvalue weighted by Gasteiger charge is -2.11. The molecule has 0 aliphatic carbocycles. The first-order chi connectivity index (χ1) is 9.62. The summed E-state index contributed by atoms with van der Waals surface area (Å²) in [6.45, 7) is 4.41. The van der Waals surface area contributed by atoms with E-state index in [1.54, 1.807) is 20.2 Å². The van der Waals surface area contributed by atoms with E-state index in [0.29, 0.717) is 24.1 Å². The third kappa shape index (κ3) is 3.45. The second-order valence-corrected chi connectivity index (χ2v) is 4.56. The molecule has 0 saturated heterocycles. The van der Waals surface area contributed by atoms with Crippen molar-refractivity contribution >= 4 is 5.82 Å². The van der Waals surface area contributed by atoms with E-state index in [1.165, 1.54) is 5.56 Å². The van der Waals surface area contributed by atoms with Crippen LogP contribution in [0.1, 0.15) is 17.0 Å². The number of benzene rings is 1. The molecule has 0 fully saturated rings. The molecule has 1 aromatic heterocycles. The Morgan fingerprint density at radius 2 is 1.95 bits per heavy atom. The molecule has 1 N–H and O–H groups in total. The van der Waals surface area contributed by atoms with E-state index in [2.05, 4.69) is 28.3 Å². The van der Waals surface area contributed by atoms with E-state index >= 15 is 0 Å². The van der Waals surface area contributed by atoms with Crippen molar-refractivity contribution in [2.24, 2.45) is 0 Å². The quantitative estimate of drug-likeness (QED) is 0.907. The van der Waals surface area contributed by atoms with E-state index in [1.807, 2.05) is 19.1 Å². The summed E-state index contributed by atoms with van der Waals surface area (Å²) >= 11 is 0. The normalized spacial score (nSPS) is 10.4. The number of aryl methyl sites for hydroxylation is 2. The summed E-state index contributed by atoms with van der Waals surface area (Å²) in [5, 5.41) is 2.99. The molecule has 0 atom stereocenters. The van der Waals surface area contributed by atoms with Crippen molar-refractivity contribution in [3.05, 3.63) is 41.2 Å². The molecule has 0 spiro atoms. The van der Waals surface area contributed by atoms with Crippen LogP contribution in [0.2, 0.25) is 0 Å². The SMILES string of the molecule is CNc1cc(Oc2ccc(C)cc2C)nc(COC)n1. The molecule has 0 unspecified atom stereocenters. The van der Waals surface area contributed by atoms with Crippen LogP contribution in [-0.2, 0) is 11.3 Å². The van der Waals surface area contributed by atoms with Gasteiger partial charge in [-0.05, 0) is 25.5 Å². The highest BCUT2D eigenvalue weighted by Gasteiger charge is 2.07. The first kappa shape index (κ1) is 14.3. The molecule has 0 aliphatic heterocycles. The van der Waals surface area contributed by atoms with Gasteiger partial charge in [0.1, 0.15) is 18.2 Å². The van der Waals surface area contributed by atoms with E-state index in [4.69, 9.17) is 9.47 Å². The fourth-order valence-corrected chi connectivity index (χ4v) is 1.87. The van der Waals surface area contributed by atoms with E-state index in [9.17, 15) is 0 Å². The third-order valence-corrected chi connectivity index (χ3v) is 2.82. The Morgan fingerprint density at radius 3 is 2.60 bits per heavy atom. The number of hydrogen-bond donors (Lipinski definition) is 1. The molecule has 5 heteroatoms. The van der Waals surface area contributed by atoms with Gasteiger partial charge in [-0.3, -0.25) is 0 Å². The molecule has 0 aliphatic rings. The average Bonchev–Trinajstić information content (AvgIpc) is 2.42. The second-order valence-electron chi connectivity index (χ2n) is 4.56. The zero-order valence-corrected chi connectivity index (χ0v) is 12.2. The number of anilines is 1. The predicted molar refractivity (Wildman–Crippen MR) is 78.3 cm³/mol. The van der Waals surface area contributed by atoms with Crippen molar-refractivity contribution in [1.82, 2.24) is 9.97 Å². The van der Waals surface area contributed by atoms with Gasteiger partial charge >= 0.3 is 0 Å². The highest BCUT2D eigenvalue weighted by Crippen LogP contribution is 2.25. The van der Waals surface area contributed by atoms with Gasteiger partial charge in [-0.1, -0.05) is 17.7 Å². The molecule has 106 valence electrons. The molecule has 20 heavy (non-hydrogen) atoms. The topological polar surface area (TPSA) is 56.3 Å². The zero-order valence-electron chi connectivity index (χ0n) is 12.2. The molecular formula is C15H19N3O2. The monoisotopic (exact) mass is 273 g/mol. The van der Waals surface area contributed by atoms with Crippen molar-refractivity contribution in [2.75, 3.05) is 19.5 Å². The summed E-state index contributed by atoms with van der Waals surface area (Å²) in [6, 6.07) is 7.80.